The number of hydrogen-bond donors (Lipinski definition) is 2. The highest BCUT2D eigenvalue weighted by molar-refractivity contribution is 8.00. The number of fused-ring (bicyclic) bond motifs is 1. The van der Waals surface area contributed by atoms with E-state index in [1.165, 1.54) is 23.1 Å². The van der Waals surface area contributed by atoms with E-state index in [2.05, 4.69) is 10.3 Å². The topological polar surface area (TPSA) is 107 Å². The molecule has 25 heavy (non-hydrogen) atoms. The number of nitrogens with two attached hydrogens (primary N) is 1. The Balaban J connectivity index is 2.53. The van der Waals surface area contributed by atoms with Crippen molar-refractivity contribution in [3.8, 4) is 0 Å². The zero-order valence-electron chi connectivity index (χ0n) is 14.9. The fourth-order valence-electron chi connectivity index (χ4n) is 2.48. The van der Waals surface area contributed by atoms with E-state index in [9.17, 15) is 14.4 Å². The third-order valence-corrected chi connectivity index (χ3v) is 6.55. The van der Waals surface area contributed by atoms with E-state index in [1.54, 1.807) is 4.57 Å². The quantitative estimate of drug-likeness (QED) is 0.610. The van der Waals surface area contributed by atoms with Gasteiger partial charge in [0.2, 0.25) is 5.91 Å². The first-order valence-corrected chi connectivity index (χ1v) is 9.64. The monoisotopic (exact) mass is 382 g/mol. The van der Waals surface area contributed by atoms with Crippen LogP contribution in [0, 0.1) is 19.8 Å². The second-order valence-corrected chi connectivity index (χ2v) is 8.36. The number of rotatable bonds is 5. The van der Waals surface area contributed by atoms with Crippen molar-refractivity contribution in [2.24, 2.45) is 11.7 Å². The average molecular weight is 383 g/mol. The summed E-state index contributed by atoms with van der Waals surface area (Å²) >= 11 is 2.65. The van der Waals surface area contributed by atoms with E-state index in [0.29, 0.717) is 21.9 Å². The molecule has 7 nitrogen and oxygen atoms in total. The number of amides is 3. The number of imide groups is 1. The van der Waals surface area contributed by atoms with Gasteiger partial charge in [-0.1, -0.05) is 25.6 Å². The maximum atomic E-state index is 12.9. The van der Waals surface area contributed by atoms with Gasteiger partial charge in [-0.15, -0.1) is 11.3 Å². The smallest absolute Gasteiger partial charge is 0.318 e. The van der Waals surface area contributed by atoms with E-state index in [4.69, 9.17) is 5.73 Å². The molecule has 0 saturated carbocycles. The van der Waals surface area contributed by atoms with Gasteiger partial charge >= 0.3 is 6.03 Å². The fourth-order valence-corrected chi connectivity index (χ4v) is 4.70. The standard InChI is InChI=1S/C16H22N4O3S2/c1-6-20-14(22)10-8(4)9(5)24-13(10)19-16(20)25-11(7(2)3)12(21)18-15(17)23/h7,11H,6H2,1-5H3,(H3,17,18,21,23)/t11-/m1/s1. The first-order valence-electron chi connectivity index (χ1n) is 7.94. The maximum absolute atomic E-state index is 12.9. The van der Waals surface area contributed by atoms with E-state index in [0.717, 1.165) is 10.4 Å². The molecule has 3 amide bonds. The molecule has 0 bridgehead atoms. The summed E-state index contributed by atoms with van der Waals surface area (Å²) in [6.45, 7) is 9.92. The van der Waals surface area contributed by atoms with Crippen LogP contribution in [0.25, 0.3) is 10.2 Å². The molecule has 0 aliphatic rings. The van der Waals surface area contributed by atoms with Gasteiger partial charge in [-0.3, -0.25) is 19.5 Å². The first-order chi connectivity index (χ1) is 11.7. The van der Waals surface area contributed by atoms with Crippen molar-refractivity contribution in [3.63, 3.8) is 0 Å². The molecule has 0 fully saturated rings. The predicted octanol–water partition coefficient (Wildman–Crippen LogP) is 2.41. The summed E-state index contributed by atoms with van der Waals surface area (Å²) in [4.78, 5) is 42.5. The van der Waals surface area contributed by atoms with E-state index in [1.807, 2.05) is 34.6 Å². The van der Waals surface area contributed by atoms with Crippen LogP contribution in [0.1, 0.15) is 31.2 Å². The largest absolute Gasteiger partial charge is 0.351 e. The average Bonchev–Trinajstić information content (AvgIpc) is 2.78. The lowest BCUT2D eigenvalue weighted by Gasteiger charge is -2.20. The number of thioether (sulfide) groups is 1. The second-order valence-electron chi connectivity index (χ2n) is 6.04. The van der Waals surface area contributed by atoms with Gasteiger partial charge in [0.15, 0.2) is 5.16 Å². The van der Waals surface area contributed by atoms with Crippen LogP contribution in [-0.2, 0) is 11.3 Å². The molecule has 9 heteroatoms. The van der Waals surface area contributed by atoms with Gasteiger partial charge in [-0.25, -0.2) is 9.78 Å². The van der Waals surface area contributed by atoms with Gasteiger partial charge in [0.25, 0.3) is 5.56 Å². The highest BCUT2D eigenvalue weighted by atomic mass is 32.2. The molecule has 2 heterocycles. The number of aromatic nitrogens is 2. The number of carbonyl (C=O) groups excluding carboxylic acids is 2. The zero-order chi connectivity index (χ0) is 18.9. The minimum Gasteiger partial charge on any atom is -0.351 e. The van der Waals surface area contributed by atoms with Crippen molar-refractivity contribution in [1.82, 2.24) is 14.9 Å². The van der Waals surface area contributed by atoms with Crippen molar-refractivity contribution in [2.45, 2.75) is 51.6 Å². The third kappa shape index (κ3) is 3.87. The number of hydrogen-bond acceptors (Lipinski definition) is 6. The first kappa shape index (κ1) is 19.5. The lowest BCUT2D eigenvalue weighted by molar-refractivity contribution is -0.120. The van der Waals surface area contributed by atoms with Crippen LogP contribution in [0.15, 0.2) is 9.95 Å². The highest BCUT2D eigenvalue weighted by Crippen LogP contribution is 2.31. The molecule has 2 aromatic rings. The number of thiophene rings is 1. The van der Waals surface area contributed by atoms with Crippen LogP contribution in [-0.4, -0.2) is 26.7 Å². The lowest BCUT2D eigenvalue weighted by atomic mass is 10.1. The molecule has 2 aromatic heterocycles. The number of primary amides is 1. The van der Waals surface area contributed by atoms with Crippen molar-refractivity contribution in [2.75, 3.05) is 0 Å². The normalized spacial score (nSPS) is 12.6. The summed E-state index contributed by atoms with van der Waals surface area (Å²) < 4.78 is 1.57. The maximum Gasteiger partial charge on any atom is 0.318 e. The lowest BCUT2D eigenvalue weighted by Crippen LogP contribution is -2.42. The molecule has 136 valence electrons. The summed E-state index contributed by atoms with van der Waals surface area (Å²) in [6, 6.07) is -0.892. The fraction of sp³-hybridized carbons (Fsp3) is 0.500. The molecule has 1 atom stereocenters. The van der Waals surface area contributed by atoms with Crippen molar-refractivity contribution >= 4 is 45.3 Å². The zero-order valence-corrected chi connectivity index (χ0v) is 16.5. The van der Waals surface area contributed by atoms with Gasteiger partial charge in [0.05, 0.1) is 10.6 Å². The summed E-state index contributed by atoms with van der Waals surface area (Å²) in [5.41, 5.74) is 5.89. The minimum atomic E-state index is -0.892. The molecular weight excluding hydrogens is 360 g/mol. The van der Waals surface area contributed by atoms with Crippen LogP contribution in [0.3, 0.4) is 0 Å². The van der Waals surface area contributed by atoms with Crippen LogP contribution in [0.5, 0.6) is 0 Å². The van der Waals surface area contributed by atoms with Crippen molar-refractivity contribution < 1.29 is 9.59 Å². The molecule has 0 aliphatic heterocycles. The van der Waals surface area contributed by atoms with Crippen LogP contribution in [0.4, 0.5) is 4.79 Å². The number of urea groups is 1. The van der Waals surface area contributed by atoms with E-state index >= 15 is 0 Å². The Morgan fingerprint density at radius 3 is 2.52 bits per heavy atom. The summed E-state index contributed by atoms with van der Waals surface area (Å²) in [7, 11) is 0. The number of nitrogens with zero attached hydrogens (tertiary/aromatic N) is 2. The van der Waals surface area contributed by atoms with Crippen LogP contribution in [0.2, 0.25) is 0 Å². The molecule has 0 spiro atoms. The van der Waals surface area contributed by atoms with Gasteiger partial charge in [-0.05, 0) is 32.3 Å². The van der Waals surface area contributed by atoms with Gasteiger partial charge < -0.3 is 5.73 Å². The summed E-state index contributed by atoms with van der Waals surface area (Å²) in [6.07, 6.45) is 0. The van der Waals surface area contributed by atoms with Crippen molar-refractivity contribution in [1.29, 1.82) is 0 Å². The Kier molecular flexibility index (Phi) is 5.89. The third-order valence-electron chi connectivity index (χ3n) is 3.91. The Morgan fingerprint density at radius 1 is 1.36 bits per heavy atom. The predicted molar refractivity (Wildman–Crippen MR) is 101 cm³/mol. The Bertz CT molecular complexity index is 886. The van der Waals surface area contributed by atoms with Crippen molar-refractivity contribution in [3.05, 3.63) is 20.8 Å². The summed E-state index contributed by atoms with van der Waals surface area (Å²) in [5, 5.41) is 2.63. The molecule has 0 unspecified atom stereocenters. The van der Waals surface area contributed by atoms with Crippen LogP contribution < -0.4 is 16.6 Å². The van der Waals surface area contributed by atoms with Crippen LogP contribution >= 0.6 is 23.1 Å². The number of carbonyl (C=O) groups is 2. The highest BCUT2D eigenvalue weighted by Gasteiger charge is 2.27. The summed E-state index contributed by atoms with van der Waals surface area (Å²) in [5.74, 6) is -0.558. The van der Waals surface area contributed by atoms with Gasteiger partial charge in [0.1, 0.15) is 4.83 Å². The van der Waals surface area contributed by atoms with Gasteiger partial charge in [0, 0.05) is 11.4 Å². The molecule has 3 N–H and O–H groups in total. The van der Waals surface area contributed by atoms with Gasteiger partial charge in [-0.2, -0.15) is 0 Å². The molecule has 0 aromatic carbocycles. The molecule has 0 radical (unpaired) electrons. The Labute approximate surface area is 154 Å². The van der Waals surface area contributed by atoms with E-state index in [-0.39, 0.29) is 11.5 Å². The second kappa shape index (κ2) is 7.57. The number of aryl methyl sites for hydroxylation is 2. The molecule has 2 rings (SSSR count). The Morgan fingerprint density at radius 2 is 2.00 bits per heavy atom. The Hall–Kier alpha value is -1.87. The minimum absolute atomic E-state index is 0.0749. The van der Waals surface area contributed by atoms with E-state index < -0.39 is 17.2 Å². The SMILES string of the molecule is CCn1c(S[C@@H](C(=O)NC(N)=O)C(C)C)nc2sc(C)c(C)c2c1=O. The number of nitrogens with one attached hydrogen (secondary N) is 1. The molecule has 0 aliphatic carbocycles. The molecule has 0 saturated heterocycles. The molecular formula is C16H22N4O3S2.